The first kappa shape index (κ1) is 13.2. The van der Waals surface area contributed by atoms with Crippen molar-refractivity contribution in [3.8, 4) is 0 Å². The topological polar surface area (TPSA) is 26.0 Å². The number of benzene rings is 1. The molecule has 0 spiro atoms. The Balaban J connectivity index is 1.78. The molecular weight excluding hydrogens is 230 g/mol. The van der Waals surface area contributed by atoms with Crippen LogP contribution in [0.2, 0.25) is 0 Å². The molecule has 0 heterocycles. The van der Waals surface area contributed by atoms with Gasteiger partial charge in [0.15, 0.2) is 0 Å². The molecule has 1 aromatic carbocycles. The first-order chi connectivity index (χ1) is 9.08. The summed E-state index contributed by atoms with van der Waals surface area (Å²) in [5.74, 6) is 2.50. The van der Waals surface area contributed by atoms with Gasteiger partial charge in [-0.05, 0) is 54.6 Å². The minimum atomic E-state index is -0.0545. The van der Waals surface area contributed by atoms with Gasteiger partial charge in [0.25, 0.3) is 0 Å². The predicted molar refractivity (Wildman–Crippen MR) is 81.1 cm³/mol. The van der Waals surface area contributed by atoms with Crippen molar-refractivity contribution in [3.05, 3.63) is 35.4 Å². The van der Waals surface area contributed by atoms with Gasteiger partial charge in [0, 0.05) is 5.54 Å². The van der Waals surface area contributed by atoms with Crippen molar-refractivity contribution < 1.29 is 0 Å². The highest BCUT2D eigenvalue weighted by Crippen LogP contribution is 2.48. The van der Waals surface area contributed by atoms with Crippen molar-refractivity contribution in [2.24, 2.45) is 17.6 Å². The van der Waals surface area contributed by atoms with E-state index in [2.05, 4.69) is 38.1 Å². The lowest BCUT2D eigenvalue weighted by Gasteiger charge is -2.39. The summed E-state index contributed by atoms with van der Waals surface area (Å²) in [4.78, 5) is 0. The van der Waals surface area contributed by atoms with Crippen LogP contribution in [-0.2, 0) is 5.54 Å². The van der Waals surface area contributed by atoms with E-state index in [0.29, 0.717) is 5.92 Å². The van der Waals surface area contributed by atoms with E-state index in [4.69, 9.17) is 5.73 Å². The minimum absolute atomic E-state index is 0.0545. The molecule has 1 aromatic rings. The van der Waals surface area contributed by atoms with Crippen LogP contribution in [0.3, 0.4) is 0 Å². The predicted octanol–water partition coefficient (Wildman–Crippen LogP) is 4.56. The zero-order valence-corrected chi connectivity index (χ0v) is 12.4. The summed E-state index contributed by atoms with van der Waals surface area (Å²) in [5.41, 5.74) is 9.49. The Bertz CT molecular complexity index is 430. The third-order valence-corrected chi connectivity index (χ3v) is 5.27. The van der Waals surface area contributed by atoms with Gasteiger partial charge in [-0.15, -0.1) is 0 Å². The van der Waals surface area contributed by atoms with E-state index in [0.717, 1.165) is 18.3 Å². The van der Waals surface area contributed by atoms with Crippen LogP contribution in [-0.4, -0.2) is 0 Å². The molecule has 0 saturated heterocycles. The van der Waals surface area contributed by atoms with E-state index < -0.39 is 0 Å². The largest absolute Gasteiger partial charge is 0.321 e. The molecule has 2 saturated carbocycles. The maximum absolute atomic E-state index is 6.76. The van der Waals surface area contributed by atoms with E-state index in [1.165, 1.54) is 43.2 Å². The Morgan fingerprint density at radius 1 is 1.05 bits per heavy atom. The third kappa shape index (κ3) is 2.72. The smallest absolute Gasteiger partial charge is 0.0412 e. The zero-order valence-electron chi connectivity index (χ0n) is 12.4. The highest BCUT2D eigenvalue weighted by Gasteiger charge is 2.40. The molecule has 2 N–H and O–H groups in total. The van der Waals surface area contributed by atoms with Gasteiger partial charge >= 0.3 is 0 Å². The molecular formula is C18H27N. The van der Waals surface area contributed by atoms with Crippen molar-refractivity contribution in [2.75, 3.05) is 0 Å². The molecule has 2 unspecified atom stereocenters. The van der Waals surface area contributed by atoms with Gasteiger partial charge in [0.1, 0.15) is 0 Å². The lowest BCUT2D eigenvalue weighted by molar-refractivity contribution is 0.206. The summed E-state index contributed by atoms with van der Waals surface area (Å²) in [5, 5.41) is 0. The SMILES string of the molecule is CC(C)c1ccc(C2(N)CCCC(C3CC3)C2)cc1. The first-order valence-corrected chi connectivity index (χ1v) is 7.98. The maximum atomic E-state index is 6.76. The van der Waals surface area contributed by atoms with Crippen LogP contribution in [0.25, 0.3) is 0 Å². The molecule has 2 aliphatic rings. The van der Waals surface area contributed by atoms with Gasteiger partial charge in [-0.2, -0.15) is 0 Å². The van der Waals surface area contributed by atoms with Crippen molar-refractivity contribution in [2.45, 2.75) is 63.8 Å². The summed E-state index contributed by atoms with van der Waals surface area (Å²) in [6.07, 6.45) is 7.99. The van der Waals surface area contributed by atoms with Gasteiger partial charge in [-0.3, -0.25) is 0 Å². The monoisotopic (exact) mass is 257 g/mol. The Kier molecular flexibility index (Phi) is 3.42. The fourth-order valence-corrected chi connectivity index (χ4v) is 3.78. The molecule has 3 rings (SSSR count). The Hall–Kier alpha value is -0.820. The summed E-state index contributed by atoms with van der Waals surface area (Å²) in [7, 11) is 0. The van der Waals surface area contributed by atoms with Crippen LogP contribution in [0.5, 0.6) is 0 Å². The van der Waals surface area contributed by atoms with E-state index >= 15 is 0 Å². The maximum Gasteiger partial charge on any atom is 0.0412 e. The van der Waals surface area contributed by atoms with Crippen molar-refractivity contribution in [1.29, 1.82) is 0 Å². The number of hydrogen-bond acceptors (Lipinski definition) is 1. The molecule has 0 aromatic heterocycles. The lowest BCUT2D eigenvalue weighted by Crippen LogP contribution is -2.41. The molecule has 2 atom stereocenters. The van der Waals surface area contributed by atoms with E-state index in [1.54, 1.807) is 0 Å². The lowest BCUT2D eigenvalue weighted by atomic mass is 9.71. The fourth-order valence-electron chi connectivity index (χ4n) is 3.78. The van der Waals surface area contributed by atoms with Gasteiger partial charge in [0.05, 0.1) is 0 Å². The van der Waals surface area contributed by atoms with Crippen LogP contribution in [0, 0.1) is 11.8 Å². The van der Waals surface area contributed by atoms with E-state index in [-0.39, 0.29) is 5.54 Å². The van der Waals surface area contributed by atoms with Crippen molar-refractivity contribution in [1.82, 2.24) is 0 Å². The molecule has 0 amide bonds. The first-order valence-electron chi connectivity index (χ1n) is 7.98. The standard InChI is InChI=1S/C18H27N/c1-13(2)14-7-9-17(10-8-14)18(19)11-3-4-16(12-18)15-5-6-15/h7-10,13,15-16H,3-6,11-12,19H2,1-2H3. The Morgan fingerprint density at radius 2 is 1.74 bits per heavy atom. The quantitative estimate of drug-likeness (QED) is 0.843. The van der Waals surface area contributed by atoms with E-state index in [9.17, 15) is 0 Å². The Labute approximate surface area is 117 Å². The number of hydrogen-bond donors (Lipinski definition) is 1. The van der Waals surface area contributed by atoms with Crippen LogP contribution < -0.4 is 5.73 Å². The highest BCUT2D eigenvalue weighted by atomic mass is 14.8. The number of rotatable bonds is 3. The van der Waals surface area contributed by atoms with E-state index in [1.807, 2.05) is 0 Å². The summed E-state index contributed by atoms with van der Waals surface area (Å²) >= 11 is 0. The second-order valence-corrected chi connectivity index (χ2v) is 7.13. The highest BCUT2D eigenvalue weighted by molar-refractivity contribution is 5.30. The van der Waals surface area contributed by atoms with Gasteiger partial charge < -0.3 is 5.73 Å². The summed E-state index contributed by atoms with van der Waals surface area (Å²) in [6.45, 7) is 4.49. The zero-order chi connectivity index (χ0) is 13.5. The van der Waals surface area contributed by atoms with Crippen LogP contribution in [0.1, 0.15) is 69.4 Å². The Morgan fingerprint density at radius 3 is 2.32 bits per heavy atom. The minimum Gasteiger partial charge on any atom is -0.321 e. The summed E-state index contributed by atoms with van der Waals surface area (Å²) < 4.78 is 0. The van der Waals surface area contributed by atoms with Crippen molar-refractivity contribution >= 4 is 0 Å². The molecule has 1 heteroatoms. The fraction of sp³-hybridized carbons (Fsp3) is 0.667. The van der Waals surface area contributed by atoms with Crippen LogP contribution in [0.15, 0.2) is 24.3 Å². The molecule has 0 aliphatic heterocycles. The second-order valence-electron chi connectivity index (χ2n) is 7.13. The molecule has 19 heavy (non-hydrogen) atoms. The van der Waals surface area contributed by atoms with Crippen molar-refractivity contribution in [3.63, 3.8) is 0 Å². The molecule has 2 fully saturated rings. The third-order valence-electron chi connectivity index (χ3n) is 5.27. The molecule has 104 valence electrons. The molecule has 0 radical (unpaired) electrons. The second kappa shape index (κ2) is 4.94. The average Bonchev–Trinajstić information content (AvgIpc) is 3.23. The van der Waals surface area contributed by atoms with Gasteiger partial charge in [-0.25, -0.2) is 0 Å². The average molecular weight is 257 g/mol. The number of nitrogens with two attached hydrogens (primary N) is 1. The normalized spacial score (nSPS) is 31.7. The molecule has 0 bridgehead atoms. The van der Waals surface area contributed by atoms with Gasteiger partial charge in [0.2, 0.25) is 0 Å². The van der Waals surface area contributed by atoms with Crippen LogP contribution in [0.4, 0.5) is 0 Å². The summed E-state index contributed by atoms with van der Waals surface area (Å²) in [6, 6.07) is 9.11. The van der Waals surface area contributed by atoms with Crippen LogP contribution >= 0.6 is 0 Å². The molecule has 2 aliphatic carbocycles. The van der Waals surface area contributed by atoms with Gasteiger partial charge in [-0.1, -0.05) is 51.0 Å². The molecule has 1 nitrogen and oxygen atoms in total.